The van der Waals surface area contributed by atoms with Crippen molar-refractivity contribution in [1.29, 1.82) is 0 Å². The molecule has 1 N–H and O–H groups in total. The highest BCUT2D eigenvalue weighted by molar-refractivity contribution is 4.89. The highest BCUT2D eigenvalue weighted by atomic mass is 19.4. The first kappa shape index (κ1) is 13.8. The van der Waals surface area contributed by atoms with Gasteiger partial charge in [0, 0.05) is 6.04 Å². The average molecular weight is 237 g/mol. The van der Waals surface area contributed by atoms with Crippen molar-refractivity contribution in [3.63, 3.8) is 0 Å². The van der Waals surface area contributed by atoms with Gasteiger partial charge in [0.15, 0.2) is 0 Å². The Morgan fingerprint density at radius 1 is 1.19 bits per heavy atom. The van der Waals surface area contributed by atoms with Gasteiger partial charge in [-0.05, 0) is 37.5 Å². The van der Waals surface area contributed by atoms with Crippen LogP contribution in [0.4, 0.5) is 13.2 Å². The van der Waals surface area contributed by atoms with Crippen LogP contribution in [-0.2, 0) is 0 Å². The van der Waals surface area contributed by atoms with Crippen LogP contribution < -0.4 is 5.32 Å². The highest BCUT2D eigenvalue weighted by Crippen LogP contribution is 2.35. The van der Waals surface area contributed by atoms with Gasteiger partial charge in [-0.1, -0.05) is 20.8 Å². The second-order valence-corrected chi connectivity index (χ2v) is 6.15. The molecule has 0 radical (unpaired) electrons. The molecule has 0 spiro atoms. The van der Waals surface area contributed by atoms with Gasteiger partial charge in [0.2, 0.25) is 0 Å². The third kappa shape index (κ3) is 4.73. The van der Waals surface area contributed by atoms with Crippen LogP contribution in [0.5, 0.6) is 0 Å². The first-order valence-electron chi connectivity index (χ1n) is 5.92. The van der Waals surface area contributed by atoms with E-state index in [-0.39, 0.29) is 17.9 Å². The topological polar surface area (TPSA) is 12.0 Å². The van der Waals surface area contributed by atoms with Crippen LogP contribution in [-0.4, -0.2) is 18.3 Å². The van der Waals surface area contributed by atoms with Gasteiger partial charge >= 0.3 is 6.18 Å². The number of nitrogens with one attached hydrogen (secondary N) is 1. The van der Waals surface area contributed by atoms with Crippen LogP contribution in [0.3, 0.4) is 0 Å². The summed E-state index contributed by atoms with van der Waals surface area (Å²) in [6.07, 6.45) is -1.88. The summed E-state index contributed by atoms with van der Waals surface area (Å²) in [5.74, 6) is 0.449. The molecule has 96 valence electrons. The number of hydrogen-bond donors (Lipinski definition) is 1. The van der Waals surface area contributed by atoms with Gasteiger partial charge in [0.05, 0.1) is 0 Å². The zero-order chi connectivity index (χ0) is 12.6. The van der Waals surface area contributed by atoms with Crippen LogP contribution in [0.2, 0.25) is 0 Å². The van der Waals surface area contributed by atoms with Gasteiger partial charge in [-0.3, -0.25) is 0 Å². The molecule has 2 unspecified atom stereocenters. The molecule has 1 aliphatic carbocycles. The fraction of sp³-hybridized carbons (Fsp3) is 1.00. The molecule has 0 aromatic carbocycles. The maximum absolute atomic E-state index is 12.8. The molecule has 0 bridgehead atoms. The first-order chi connectivity index (χ1) is 7.09. The Morgan fingerprint density at radius 3 is 2.00 bits per heavy atom. The molecule has 0 aliphatic heterocycles. The third-order valence-electron chi connectivity index (χ3n) is 3.00. The van der Waals surface area contributed by atoms with Gasteiger partial charge in [0.25, 0.3) is 0 Å². The quantitative estimate of drug-likeness (QED) is 0.785. The fourth-order valence-electron chi connectivity index (χ4n) is 1.93. The van der Waals surface area contributed by atoms with E-state index >= 15 is 0 Å². The summed E-state index contributed by atoms with van der Waals surface area (Å²) in [4.78, 5) is 0. The van der Waals surface area contributed by atoms with E-state index in [1.54, 1.807) is 0 Å². The Labute approximate surface area is 95.8 Å². The van der Waals surface area contributed by atoms with Crippen molar-refractivity contribution in [2.75, 3.05) is 0 Å². The molecule has 1 rings (SSSR count). The van der Waals surface area contributed by atoms with Gasteiger partial charge < -0.3 is 5.32 Å². The Balaban J connectivity index is 2.56. The average Bonchev–Trinajstić information content (AvgIpc) is 2.79. The molecule has 0 saturated heterocycles. The minimum atomic E-state index is -4.14. The molecule has 0 heterocycles. The third-order valence-corrected chi connectivity index (χ3v) is 3.00. The van der Waals surface area contributed by atoms with Gasteiger partial charge in [-0.2, -0.15) is 13.2 Å². The Bertz CT molecular complexity index is 225. The summed E-state index contributed by atoms with van der Waals surface area (Å²) < 4.78 is 38.5. The van der Waals surface area contributed by atoms with E-state index in [0.717, 1.165) is 12.8 Å². The van der Waals surface area contributed by atoms with Crippen molar-refractivity contribution < 1.29 is 13.2 Å². The largest absolute Gasteiger partial charge is 0.403 e. The monoisotopic (exact) mass is 237 g/mol. The van der Waals surface area contributed by atoms with E-state index in [1.807, 2.05) is 27.7 Å². The fourth-order valence-corrected chi connectivity index (χ4v) is 1.93. The zero-order valence-electron chi connectivity index (χ0n) is 10.5. The number of hydrogen-bond acceptors (Lipinski definition) is 1. The van der Waals surface area contributed by atoms with E-state index in [1.165, 1.54) is 0 Å². The Hall–Kier alpha value is -0.250. The SMILES string of the molecule is CC(NC(CC(C)(C)C)C(F)(F)F)C1CC1. The first-order valence-corrected chi connectivity index (χ1v) is 5.92. The summed E-state index contributed by atoms with van der Waals surface area (Å²) >= 11 is 0. The molecule has 2 atom stereocenters. The van der Waals surface area contributed by atoms with E-state index in [2.05, 4.69) is 5.32 Å². The lowest BCUT2D eigenvalue weighted by atomic mass is 9.87. The maximum atomic E-state index is 12.8. The van der Waals surface area contributed by atoms with E-state index in [4.69, 9.17) is 0 Å². The second kappa shape index (κ2) is 4.55. The number of alkyl halides is 3. The molecule has 0 aromatic rings. The second-order valence-electron chi connectivity index (χ2n) is 6.15. The van der Waals surface area contributed by atoms with Crippen molar-refractivity contribution in [1.82, 2.24) is 5.32 Å². The molecule has 1 saturated carbocycles. The highest BCUT2D eigenvalue weighted by Gasteiger charge is 2.43. The summed E-state index contributed by atoms with van der Waals surface area (Å²) in [6, 6.07) is -1.39. The van der Waals surface area contributed by atoms with E-state index in [0.29, 0.717) is 5.92 Å². The van der Waals surface area contributed by atoms with Crippen LogP contribution in [0.15, 0.2) is 0 Å². The standard InChI is InChI=1S/C12H22F3N/c1-8(9-5-6-9)16-10(12(13,14)15)7-11(2,3)4/h8-10,16H,5-7H2,1-4H3. The molecular formula is C12H22F3N. The van der Waals surface area contributed by atoms with E-state index in [9.17, 15) is 13.2 Å². The minimum absolute atomic E-state index is 0.0195. The van der Waals surface area contributed by atoms with Crippen LogP contribution >= 0.6 is 0 Å². The van der Waals surface area contributed by atoms with Gasteiger partial charge in [0.1, 0.15) is 6.04 Å². The zero-order valence-corrected chi connectivity index (χ0v) is 10.5. The maximum Gasteiger partial charge on any atom is 0.403 e. The lowest BCUT2D eigenvalue weighted by Gasteiger charge is -2.31. The van der Waals surface area contributed by atoms with E-state index < -0.39 is 12.2 Å². The molecule has 4 heteroatoms. The molecule has 0 aromatic heterocycles. The molecular weight excluding hydrogens is 215 g/mol. The van der Waals surface area contributed by atoms with Gasteiger partial charge in [-0.25, -0.2) is 0 Å². The molecule has 1 fully saturated rings. The van der Waals surface area contributed by atoms with Crippen molar-refractivity contribution >= 4 is 0 Å². The van der Waals surface area contributed by atoms with Crippen LogP contribution in [0, 0.1) is 11.3 Å². The van der Waals surface area contributed by atoms with Crippen molar-refractivity contribution in [2.24, 2.45) is 11.3 Å². The molecule has 0 amide bonds. The van der Waals surface area contributed by atoms with Gasteiger partial charge in [-0.15, -0.1) is 0 Å². The molecule has 1 aliphatic rings. The summed E-state index contributed by atoms with van der Waals surface area (Å²) in [6.45, 7) is 7.39. The predicted octanol–water partition coefficient (Wildman–Crippen LogP) is 3.74. The van der Waals surface area contributed by atoms with Crippen molar-refractivity contribution in [3.8, 4) is 0 Å². The predicted molar refractivity (Wildman–Crippen MR) is 59.2 cm³/mol. The summed E-state index contributed by atoms with van der Waals surface area (Å²) in [7, 11) is 0. The normalized spacial score (nSPS) is 21.9. The number of rotatable bonds is 4. The number of halogens is 3. The van der Waals surface area contributed by atoms with Crippen LogP contribution in [0.1, 0.15) is 47.0 Å². The lowest BCUT2D eigenvalue weighted by molar-refractivity contribution is -0.164. The van der Waals surface area contributed by atoms with Crippen LogP contribution in [0.25, 0.3) is 0 Å². The Morgan fingerprint density at radius 2 is 1.69 bits per heavy atom. The van der Waals surface area contributed by atoms with Crippen molar-refractivity contribution in [2.45, 2.75) is 65.2 Å². The minimum Gasteiger partial charge on any atom is -0.303 e. The smallest absolute Gasteiger partial charge is 0.303 e. The van der Waals surface area contributed by atoms with Crippen molar-refractivity contribution in [3.05, 3.63) is 0 Å². The molecule has 16 heavy (non-hydrogen) atoms. The molecule has 1 nitrogen and oxygen atoms in total. The lowest BCUT2D eigenvalue weighted by Crippen LogP contribution is -2.48. The summed E-state index contributed by atoms with van der Waals surface area (Å²) in [5, 5.41) is 2.75. The summed E-state index contributed by atoms with van der Waals surface area (Å²) in [5.41, 5.74) is -0.309. The Kier molecular flexibility index (Phi) is 3.93.